The van der Waals surface area contributed by atoms with Gasteiger partial charge < -0.3 is 9.47 Å². The van der Waals surface area contributed by atoms with Crippen LogP contribution in [0.4, 0.5) is 4.79 Å². The molecule has 0 heterocycles. The van der Waals surface area contributed by atoms with Gasteiger partial charge in [-0.1, -0.05) is 27.7 Å². The lowest BCUT2D eigenvalue weighted by Gasteiger charge is -2.27. The van der Waals surface area contributed by atoms with Crippen LogP contribution in [0.1, 0.15) is 47.0 Å². The Morgan fingerprint density at radius 3 is 2.05 bits per heavy atom. The van der Waals surface area contributed by atoms with E-state index in [0.717, 1.165) is 12.8 Å². The minimum Gasteiger partial charge on any atom is -0.464 e. The molecule has 5 heteroatoms. The van der Waals surface area contributed by atoms with Crippen molar-refractivity contribution in [1.82, 2.24) is 4.90 Å². The number of amides is 1. The number of carbonyl (C=O) groups is 2. The third-order valence-corrected chi connectivity index (χ3v) is 2.60. The fraction of sp³-hybridized carbons (Fsp3) is 0.857. The number of nitrogens with zero attached hydrogens (tertiary/aromatic N) is 1. The van der Waals surface area contributed by atoms with Crippen molar-refractivity contribution in [3.05, 3.63) is 0 Å². The second-order valence-corrected chi connectivity index (χ2v) is 5.04. The van der Waals surface area contributed by atoms with E-state index < -0.39 is 12.1 Å². The predicted octanol–water partition coefficient (Wildman–Crippen LogP) is 2.83. The van der Waals surface area contributed by atoms with Gasteiger partial charge in [-0.15, -0.1) is 0 Å². The lowest BCUT2D eigenvalue weighted by Crippen LogP contribution is -2.44. The van der Waals surface area contributed by atoms with Crippen molar-refractivity contribution in [2.24, 2.45) is 5.92 Å². The number of esters is 1. The normalized spacial score (nSPS) is 12.1. The Labute approximate surface area is 116 Å². The number of ether oxygens (including phenoxy) is 2. The quantitative estimate of drug-likeness (QED) is 0.638. The molecule has 1 atom stereocenters. The highest BCUT2D eigenvalue weighted by Gasteiger charge is 2.29. The fourth-order valence-electron chi connectivity index (χ4n) is 1.58. The van der Waals surface area contributed by atoms with Gasteiger partial charge in [-0.2, -0.15) is 0 Å². The second kappa shape index (κ2) is 9.64. The molecule has 0 spiro atoms. The number of hydrogen-bond acceptors (Lipinski definition) is 4. The molecular formula is C14H27NO4. The summed E-state index contributed by atoms with van der Waals surface area (Å²) in [6.45, 7) is 8.61. The number of carbonyl (C=O) groups excluding carboxylic acids is 2. The van der Waals surface area contributed by atoms with Gasteiger partial charge in [0, 0.05) is 7.05 Å². The number of hydrogen-bond donors (Lipinski definition) is 0. The molecule has 0 saturated carbocycles. The second-order valence-electron chi connectivity index (χ2n) is 5.04. The molecule has 0 aliphatic heterocycles. The third-order valence-electron chi connectivity index (χ3n) is 2.60. The van der Waals surface area contributed by atoms with Crippen LogP contribution in [0, 0.1) is 5.92 Å². The Bertz CT molecular complexity index is 279. The molecule has 0 bridgehead atoms. The molecule has 0 saturated heterocycles. The molecule has 0 aromatic carbocycles. The molecule has 0 aromatic heterocycles. The molecule has 1 amide bonds. The summed E-state index contributed by atoms with van der Waals surface area (Å²) in [5, 5.41) is 0. The van der Waals surface area contributed by atoms with Gasteiger partial charge in [0.2, 0.25) is 0 Å². The Hall–Kier alpha value is -1.26. The van der Waals surface area contributed by atoms with E-state index in [1.807, 2.05) is 27.7 Å². The highest BCUT2D eigenvalue weighted by molar-refractivity contribution is 5.81. The van der Waals surface area contributed by atoms with Gasteiger partial charge in [-0.05, 0) is 25.2 Å². The first-order valence-corrected chi connectivity index (χ1v) is 7.00. The monoisotopic (exact) mass is 273 g/mol. The van der Waals surface area contributed by atoms with E-state index in [9.17, 15) is 9.59 Å². The zero-order chi connectivity index (χ0) is 14.8. The van der Waals surface area contributed by atoms with Gasteiger partial charge in [0.1, 0.15) is 6.04 Å². The Morgan fingerprint density at radius 1 is 1.05 bits per heavy atom. The van der Waals surface area contributed by atoms with Gasteiger partial charge in [-0.3, -0.25) is 4.90 Å². The van der Waals surface area contributed by atoms with Crippen molar-refractivity contribution in [2.45, 2.75) is 53.0 Å². The minimum atomic E-state index is -0.573. The van der Waals surface area contributed by atoms with Gasteiger partial charge in [0.25, 0.3) is 0 Å². The molecular weight excluding hydrogens is 246 g/mol. The molecule has 0 rings (SSSR count). The van der Waals surface area contributed by atoms with Crippen LogP contribution < -0.4 is 0 Å². The van der Waals surface area contributed by atoms with Gasteiger partial charge in [0.05, 0.1) is 13.2 Å². The molecule has 0 aromatic rings. The minimum absolute atomic E-state index is 0.292. The first-order chi connectivity index (χ1) is 8.93. The van der Waals surface area contributed by atoms with E-state index in [4.69, 9.17) is 9.47 Å². The van der Waals surface area contributed by atoms with Crippen LogP contribution in [0.25, 0.3) is 0 Å². The summed E-state index contributed by atoms with van der Waals surface area (Å²) >= 11 is 0. The molecule has 0 aliphatic rings. The first-order valence-electron chi connectivity index (χ1n) is 7.00. The van der Waals surface area contributed by atoms with Crippen LogP contribution in [-0.4, -0.2) is 43.3 Å². The zero-order valence-electron chi connectivity index (χ0n) is 12.8. The summed E-state index contributed by atoms with van der Waals surface area (Å²) in [5.41, 5.74) is 0. The van der Waals surface area contributed by atoms with Gasteiger partial charge in [0.15, 0.2) is 0 Å². The maximum absolute atomic E-state index is 12.0. The predicted molar refractivity (Wildman–Crippen MR) is 73.9 cm³/mol. The van der Waals surface area contributed by atoms with E-state index in [0.29, 0.717) is 25.6 Å². The van der Waals surface area contributed by atoms with E-state index in [2.05, 4.69) is 0 Å². The summed E-state index contributed by atoms with van der Waals surface area (Å²) in [6.07, 6.45) is 1.63. The van der Waals surface area contributed by atoms with Crippen molar-refractivity contribution >= 4 is 12.1 Å². The van der Waals surface area contributed by atoms with Crippen LogP contribution in [0.5, 0.6) is 0 Å². The lowest BCUT2D eigenvalue weighted by molar-refractivity contribution is -0.149. The molecule has 5 nitrogen and oxygen atoms in total. The summed E-state index contributed by atoms with van der Waals surface area (Å²) in [5.74, 6) is -0.0629. The average Bonchev–Trinajstić information content (AvgIpc) is 2.38. The fourth-order valence-corrected chi connectivity index (χ4v) is 1.58. The Morgan fingerprint density at radius 2 is 1.58 bits per heavy atom. The molecule has 0 radical (unpaired) electrons. The number of rotatable bonds is 8. The smallest absolute Gasteiger partial charge is 0.410 e. The van der Waals surface area contributed by atoms with Crippen molar-refractivity contribution < 1.29 is 19.1 Å². The first kappa shape index (κ1) is 17.7. The molecule has 0 aliphatic carbocycles. The zero-order valence-corrected chi connectivity index (χ0v) is 12.8. The average molecular weight is 273 g/mol. The molecule has 0 N–H and O–H groups in total. The standard InChI is InChI=1S/C14H27NO4/c1-6-8-18-13(16)12(10-11(3)4)15(5)14(17)19-9-7-2/h11-12H,6-10H2,1-5H3. The van der Waals surface area contributed by atoms with Crippen molar-refractivity contribution in [3.8, 4) is 0 Å². The maximum atomic E-state index is 12.0. The maximum Gasteiger partial charge on any atom is 0.410 e. The Balaban J connectivity index is 4.62. The Kier molecular flexibility index (Phi) is 9.00. The number of likely N-dealkylation sites (N-methyl/N-ethyl adjacent to an activating group) is 1. The van der Waals surface area contributed by atoms with Gasteiger partial charge >= 0.3 is 12.1 Å². The highest BCUT2D eigenvalue weighted by Crippen LogP contribution is 2.13. The lowest BCUT2D eigenvalue weighted by atomic mass is 10.0. The van der Waals surface area contributed by atoms with Crippen molar-refractivity contribution in [1.29, 1.82) is 0 Å². The van der Waals surface area contributed by atoms with Crippen LogP contribution >= 0.6 is 0 Å². The van der Waals surface area contributed by atoms with Gasteiger partial charge in [-0.25, -0.2) is 9.59 Å². The molecule has 0 fully saturated rings. The summed E-state index contributed by atoms with van der Waals surface area (Å²) in [7, 11) is 1.58. The van der Waals surface area contributed by atoms with E-state index in [1.54, 1.807) is 7.05 Å². The third kappa shape index (κ3) is 7.03. The molecule has 112 valence electrons. The van der Waals surface area contributed by atoms with Crippen LogP contribution in [0.2, 0.25) is 0 Å². The molecule has 1 unspecified atom stereocenters. The van der Waals surface area contributed by atoms with Crippen molar-refractivity contribution in [2.75, 3.05) is 20.3 Å². The highest BCUT2D eigenvalue weighted by atomic mass is 16.6. The summed E-state index contributed by atoms with van der Waals surface area (Å²) < 4.78 is 10.2. The SMILES string of the molecule is CCCOC(=O)C(CC(C)C)N(C)C(=O)OCCC. The summed E-state index contributed by atoms with van der Waals surface area (Å²) in [4.78, 5) is 25.1. The van der Waals surface area contributed by atoms with Crippen LogP contribution in [0.15, 0.2) is 0 Å². The van der Waals surface area contributed by atoms with E-state index >= 15 is 0 Å². The molecule has 19 heavy (non-hydrogen) atoms. The van der Waals surface area contributed by atoms with Crippen LogP contribution in [0.3, 0.4) is 0 Å². The van der Waals surface area contributed by atoms with Crippen LogP contribution in [-0.2, 0) is 14.3 Å². The summed E-state index contributed by atoms with van der Waals surface area (Å²) in [6, 6.07) is -0.573. The van der Waals surface area contributed by atoms with E-state index in [-0.39, 0.29) is 5.97 Å². The topological polar surface area (TPSA) is 55.8 Å². The van der Waals surface area contributed by atoms with E-state index in [1.165, 1.54) is 4.90 Å². The largest absolute Gasteiger partial charge is 0.464 e. The van der Waals surface area contributed by atoms with Crippen molar-refractivity contribution in [3.63, 3.8) is 0 Å².